The van der Waals surface area contributed by atoms with Crippen molar-refractivity contribution in [3.05, 3.63) is 69.4 Å². The fraction of sp³-hybridized carbons (Fsp3) is 0.391. The van der Waals surface area contributed by atoms with Gasteiger partial charge in [-0.3, -0.25) is 13.9 Å². The zero-order valence-electron chi connectivity index (χ0n) is 19.5. The Hall–Kier alpha value is -3.86. The minimum absolute atomic E-state index is 0.0370. The summed E-state index contributed by atoms with van der Waals surface area (Å²) in [5.41, 5.74) is 0.633. The number of rotatable bonds is 10. The highest BCUT2D eigenvalue weighted by molar-refractivity contribution is 5.74. The normalized spacial score (nSPS) is 12.2. The number of ether oxygens (including phenoxy) is 1. The number of aromatic nitrogens is 6. The average molecular weight is 468 g/mol. The first-order valence-electron chi connectivity index (χ1n) is 11.1. The second kappa shape index (κ2) is 9.96. The molecule has 2 N–H and O–H groups in total. The van der Waals surface area contributed by atoms with Gasteiger partial charge in [0, 0.05) is 39.6 Å². The van der Waals surface area contributed by atoms with E-state index in [0.717, 1.165) is 23.1 Å². The lowest BCUT2D eigenvalue weighted by molar-refractivity contribution is 0.0938. The molecule has 0 aliphatic heterocycles. The van der Waals surface area contributed by atoms with Gasteiger partial charge < -0.3 is 24.3 Å². The molecule has 0 bridgehead atoms. The minimum atomic E-state index is -0.911. The second-order valence-electron chi connectivity index (χ2n) is 8.29. The predicted molar refractivity (Wildman–Crippen MR) is 128 cm³/mol. The van der Waals surface area contributed by atoms with Crippen LogP contribution in [0.2, 0.25) is 0 Å². The molecule has 0 radical (unpaired) electrons. The smallest absolute Gasteiger partial charge is 0.332 e. The van der Waals surface area contributed by atoms with Crippen molar-refractivity contribution in [2.24, 2.45) is 14.1 Å². The lowest BCUT2D eigenvalue weighted by atomic mass is 10.2. The highest BCUT2D eigenvalue weighted by atomic mass is 16.5. The van der Waals surface area contributed by atoms with Gasteiger partial charge in [-0.15, -0.1) is 0 Å². The Labute approximate surface area is 195 Å². The summed E-state index contributed by atoms with van der Waals surface area (Å²) < 4.78 is 11.7. The molecule has 3 heterocycles. The van der Waals surface area contributed by atoms with Gasteiger partial charge in [0.2, 0.25) is 5.95 Å². The molecule has 1 atom stereocenters. The van der Waals surface area contributed by atoms with E-state index >= 15 is 0 Å². The average Bonchev–Trinajstić information content (AvgIpc) is 3.46. The van der Waals surface area contributed by atoms with Crippen molar-refractivity contribution in [2.45, 2.75) is 32.5 Å². The number of hydrogen-bond donors (Lipinski definition) is 2. The van der Waals surface area contributed by atoms with Crippen molar-refractivity contribution in [3.8, 4) is 5.75 Å². The number of anilines is 1. The molecule has 3 aromatic heterocycles. The van der Waals surface area contributed by atoms with Crippen molar-refractivity contribution in [2.75, 3.05) is 18.5 Å². The number of nitrogens with one attached hydrogen (secondary N) is 1. The van der Waals surface area contributed by atoms with Crippen LogP contribution < -0.4 is 21.3 Å². The van der Waals surface area contributed by atoms with E-state index in [-0.39, 0.29) is 24.3 Å². The Morgan fingerprint density at radius 2 is 2.03 bits per heavy atom. The molecular formula is C23H29N7O4. The van der Waals surface area contributed by atoms with Crippen LogP contribution in [0.15, 0.2) is 52.6 Å². The lowest BCUT2D eigenvalue weighted by Gasteiger charge is -2.16. The van der Waals surface area contributed by atoms with Gasteiger partial charge in [-0.2, -0.15) is 4.98 Å². The summed E-state index contributed by atoms with van der Waals surface area (Å²) in [6.07, 6.45) is 5.24. The van der Waals surface area contributed by atoms with E-state index in [9.17, 15) is 14.7 Å². The zero-order valence-corrected chi connectivity index (χ0v) is 19.5. The largest absolute Gasteiger partial charge is 0.491 e. The van der Waals surface area contributed by atoms with Gasteiger partial charge in [0.1, 0.15) is 18.5 Å². The Balaban J connectivity index is 1.57. The monoisotopic (exact) mass is 467 g/mol. The summed E-state index contributed by atoms with van der Waals surface area (Å²) in [6, 6.07) is 7.56. The summed E-state index contributed by atoms with van der Waals surface area (Å²) in [4.78, 5) is 33.9. The maximum absolute atomic E-state index is 13.0. The fourth-order valence-electron chi connectivity index (χ4n) is 3.80. The molecule has 11 nitrogen and oxygen atoms in total. The predicted octanol–water partition coefficient (Wildman–Crippen LogP) is 0.881. The molecule has 0 fully saturated rings. The number of hydrogen-bond acceptors (Lipinski definition) is 7. The third-order valence-corrected chi connectivity index (χ3v) is 5.61. The van der Waals surface area contributed by atoms with Gasteiger partial charge in [-0.25, -0.2) is 9.78 Å². The molecule has 0 spiro atoms. The van der Waals surface area contributed by atoms with Crippen LogP contribution in [0.5, 0.6) is 5.75 Å². The first kappa shape index (κ1) is 23.3. The number of imidazole rings is 2. The van der Waals surface area contributed by atoms with Gasteiger partial charge in [0.05, 0.1) is 12.9 Å². The van der Waals surface area contributed by atoms with Crippen molar-refractivity contribution in [1.29, 1.82) is 0 Å². The zero-order chi connectivity index (χ0) is 24.2. The highest BCUT2D eigenvalue weighted by Gasteiger charge is 2.21. The molecule has 0 aliphatic carbocycles. The quantitative estimate of drug-likeness (QED) is 0.332. The minimum Gasteiger partial charge on any atom is -0.491 e. The van der Waals surface area contributed by atoms with Gasteiger partial charge >= 0.3 is 5.69 Å². The molecule has 4 rings (SSSR count). The molecule has 1 unspecified atom stereocenters. The fourth-order valence-corrected chi connectivity index (χ4v) is 3.80. The van der Waals surface area contributed by atoms with Crippen LogP contribution >= 0.6 is 0 Å². The first-order chi connectivity index (χ1) is 16.3. The summed E-state index contributed by atoms with van der Waals surface area (Å²) in [5.74, 6) is 1.07. The maximum Gasteiger partial charge on any atom is 0.332 e. The SMILES string of the molecule is Cc1cccc(OCC(O)Cn2c(NCCCn3ccnc3)nc3c2c(=O)n(C)c(=O)n3C)c1. The molecule has 0 saturated heterocycles. The number of aliphatic hydroxyl groups excluding tert-OH is 1. The number of aliphatic hydroxyl groups is 1. The van der Waals surface area contributed by atoms with Crippen molar-refractivity contribution in [3.63, 3.8) is 0 Å². The summed E-state index contributed by atoms with van der Waals surface area (Å²) in [5, 5.41) is 14.0. The topological polar surface area (TPSA) is 121 Å². The maximum atomic E-state index is 13.0. The Morgan fingerprint density at radius 3 is 2.76 bits per heavy atom. The summed E-state index contributed by atoms with van der Waals surface area (Å²) in [7, 11) is 3.00. The second-order valence-corrected chi connectivity index (χ2v) is 8.29. The van der Waals surface area contributed by atoms with Gasteiger partial charge in [0.15, 0.2) is 11.2 Å². The molecule has 34 heavy (non-hydrogen) atoms. The van der Waals surface area contributed by atoms with E-state index < -0.39 is 17.4 Å². The number of aryl methyl sites for hydroxylation is 3. The molecule has 0 aliphatic rings. The summed E-state index contributed by atoms with van der Waals surface area (Å²) in [6.45, 7) is 3.41. The van der Waals surface area contributed by atoms with Crippen LogP contribution in [-0.2, 0) is 27.2 Å². The molecule has 180 valence electrons. The van der Waals surface area contributed by atoms with E-state index in [2.05, 4.69) is 15.3 Å². The number of benzene rings is 1. The van der Waals surface area contributed by atoms with Crippen LogP contribution in [0, 0.1) is 6.92 Å². The molecular weight excluding hydrogens is 438 g/mol. The van der Waals surface area contributed by atoms with Crippen LogP contribution in [0.3, 0.4) is 0 Å². The van der Waals surface area contributed by atoms with Crippen molar-refractivity contribution < 1.29 is 9.84 Å². The van der Waals surface area contributed by atoms with E-state index in [1.54, 1.807) is 24.1 Å². The van der Waals surface area contributed by atoms with Crippen LogP contribution in [0.25, 0.3) is 11.2 Å². The third kappa shape index (κ3) is 4.88. The standard InChI is InChI=1S/C23H29N7O4/c1-16-6-4-7-18(12-16)34-14-17(31)13-30-19-20(27(2)23(33)28(3)21(19)32)26-22(30)25-8-5-10-29-11-9-24-15-29/h4,6-7,9,11-12,15,17,31H,5,8,10,13-14H2,1-3H3,(H,25,26). The molecule has 0 saturated carbocycles. The number of nitrogens with zero attached hydrogens (tertiary/aromatic N) is 6. The van der Waals surface area contributed by atoms with Crippen LogP contribution in [0.1, 0.15) is 12.0 Å². The van der Waals surface area contributed by atoms with Gasteiger partial charge in [-0.1, -0.05) is 12.1 Å². The summed E-state index contributed by atoms with van der Waals surface area (Å²) >= 11 is 0. The lowest BCUT2D eigenvalue weighted by Crippen LogP contribution is -2.38. The Bertz CT molecular complexity index is 1390. The van der Waals surface area contributed by atoms with E-state index in [1.807, 2.05) is 42.0 Å². The number of fused-ring (bicyclic) bond motifs is 1. The van der Waals surface area contributed by atoms with Gasteiger partial charge in [0.25, 0.3) is 5.56 Å². The van der Waals surface area contributed by atoms with Crippen LogP contribution in [0.4, 0.5) is 5.95 Å². The Morgan fingerprint density at radius 1 is 1.21 bits per heavy atom. The Kier molecular flexibility index (Phi) is 6.82. The van der Waals surface area contributed by atoms with Crippen LogP contribution in [-0.4, -0.2) is 52.6 Å². The first-order valence-corrected chi connectivity index (χ1v) is 11.1. The van der Waals surface area contributed by atoms with E-state index in [1.165, 1.54) is 11.6 Å². The van der Waals surface area contributed by atoms with E-state index in [4.69, 9.17) is 4.74 Å². The molecule has 4 aromatic rings. The van der Waals surface area contributed by atoms with Crippen molar-refractivity contribution >= 4 is 17.1 Å². The van der Waals surface area contributed by atoms with Gasteiger partial charge in [-0.05, 0) is 31.0 Å². The molecule has 0 amide bonds. The molecule has 11 heteroatoms. The highest BCUT2D eigenvalue weighted by Crippen LogP contribution is 2.18. The van der Waals surface area contributed by atoms with Crippen molar-refractivity contribution in [1.82, 2.24) is 28.2 Å². The third-order valence-electron chi connectivity index (χ3n) is 5.61. The molecule has 1 aromatic carbocycles. The van der Waals surface area contributed by atoms with E-state index in [0.29, 0.717) is 18.2 Å².